The zero-order valence-electron chi connectivity index (χ0n) is 7.68. The van der Waals surface area contributed by atoms with Gasteiger partial charge in [0.25, 0.3) is 0 Å². The Balaban J connectivity index is 2.33. The van der Waals surface area contributed by atoms with Crippen molar-refractivity contribution in [3.63, 3.8) is 0 Å². The number of halogens is 4. The maximum absolute atomic E-state index is 13.0. The predicted octanol–water partition coefficient (Wildman–Crippen LogP) is 3.03. The largest absolute Gasteiger partial charge is 0.398 e. The number of rotatable bonds is 1. The topological polar surface area (TPSA) is 26.0 Å². The van der Waals surface area contributed by atoms with Crippen molar-refractivity contribution in [1.29, 1.82) is 0 Å². The van der Waals surface area contributed by atoms with Crippen LogP contribution in [-0.4, -0.2) is 11.8 Å². The Kier molecular flexibility index (Phi) is 1.96. The molecule has 1 aromatic carbocycles. The summed E-state index contributed by atoms with van der Waals surface area (Å²) in [6, 6.07) is 5.89. The summed E-state index contributed by atoms with van der Waals surface area (Å²) < 4.78 is 51.3. The molecule has 1 fully saturated rings. The van der Waals surface area contributed by atoms with Crippen LogP contribution in [0.3, 0.4) is 0 Å². The highest BCUT2D eigenvalue weighted by molar-refractivity contribution is 5.50. The Hall–Kier alpha value is -1.26. The summed E-state index contributed by atoms with van der Waals surface area (Å²) in [7, 11) is 0. The van der Waals surface area contributed by atoms with Crippen LogP contribution in [0.15, 0.2) is 24.3 Å². The van der Waals surface area contributed by atoms with Crippen molar-refractivity contribution < 1.29 is 17.6 Å². The van der Waals surface area contributed by atoms with Crippen molar-refractivity contribution in [1.82, 2.24) is 0 Å². The average Bonchev–Trinajstić information content (AvgIpc) is 2.16. The number of benzene rings is 1. The lowest BCUT2D eigenvalue weighted by Crippen LogP contribution is -2.57. The van der Waals surface area contributed by atoms with E-state index in [9.17, 15) is 17.6 Å². The second-order valence-electron chi connectivity index (χ2n) is 3.71. The van der Waals surface area contributed by atoms with E-state index in [1.165, 1.54) is 18.2 Å². The molecule has 0 radical (unpaired) electrons. The van der Waals surface area contributed by atoms with Gasteiger partial charge in [-0.3, -0.25) is 0 Å². The molecule has 1 saturated carbocycles. The van der Waals surface area contributed by atoms with Gasteiger partial charge in [0.15, 0.2) is 0 Å². The molecule has 1 aliphatic carbocycles. The fourth-order valence-corrected chi connectivity index (χ4v) is 1.78. The lowest BCUT2D eigenvalue weighted by molar-refractivity contribution is -0.290. The van der Waals surface area contributed by atoms with Crippen LogP contribution in [-0.2, 0) is 0 Å². The first-order chi connectivity index (χ1) is 6.86. The molecule has 0 bridgehead atoms. The normalized spacial score (nSPS) is 27.1. The highest BCUT2D eigenvalue weighted by Crippen LogP contribution is 2.60. The third kappa shape index (κ3) is 1.29. The van der Waals surface area contributed by atoms with Crippen molar-refractivity contribution in [2.24, 2.45) is 0 Å². The Morgan fingerprint density at radius 3 is 2.20 bits per heavy atom. The van der Waals surface area contributed by atoms with E-state index in [-0.39, 0.29) is 11.3 Å². The van der Waals surface area contributed by atoms with Crippen LogP contribution in [0, 0.1) is 0 Å². The van der Waals surface area contributed by atoms with Gasteiger partial charge in [0, 0.05) is 12.1 Å². The zero-order valence-corrected chi connectivity index (χ0v) is 7.68. The van der Waals surface area contributed by atoms with Crippen LogP contribution >= 0.6 is 0 Å². The number of hydrogen-bond donors (Lipinski definition) is 1. The molecule has 0 amide bonds. The van der Waals surface area contributed by atoms with Crippen LogP contribution in [0.5, 0.6) is 0 Å². The van der Waals surface area contributed by atoms with Gasteiger partial charge in [-0.2, -0.15) is 17.6 Å². The molecule has 0 heterocycles. The molecule has 1 aromatic rings. The van der Waals surface area contributed by atoms with E-state index in [2.05, 4.69) is 0 Å². The van der Waals surface area contributed by atoms with Crippen molar-refractivity contribution in [3.8, 4) is 0 Å². The molecule has 1 nitrogen and oxygen atoms in total. The first kappa shape index (κ1) is 10.3. The minimum Gasteiger partial charge on any atom is -0.398 e. The fraction of sp³-hybridized carbons (Fsp3) is 0.400. The first-order valence-electron chi connectivity index (χ1n) is 4.46. The number of para-hydroxylation sites is 1. The molecule has 1 atom stereocenters. The molecule has 15 heavy (non-hydrogen) atoms. The quantitative estimate of drug-likeness (QED) is 0.570. The molecule has 1 aliphatic rings. The Morgan fingerprint density at radius 1 is 1.13 bits per heavy atom. The first-order valence-corrected chi connectivity index (χ1v) is 4.46. The minimum atomic E-state index is -3.98. The third-order valence-corrected chi connectivity index (χ3v) is 2.76. The number of hydrogen-bond acceptors (Lipinski definition) is 1. The number of anilines is 1. The Labute approximate surface area is 83.9 Å². The molecule has 5 heteroatoms. The van der Waals surface area contributed by atoms with Gasteiger partial charge in [0.2, 0.25) is 0 Å². The molecule has 1 unspecified atom stereocenters. The maximum atomic E-state index is 13.0. The number of nitrogen functional groups attached to an aromatic ring is 1. The summed E-state index contributed by atoms with van der Waals surface area (Å²) >= 11 is 0. The van der Waals surface area contributed by atoms with E-state index >= 15 is 0 Å². The summed E-state index contributed by atoms with van der Waals surface area (Å²) in [5, 5.41) is 0. The fourth-order valence-electron chi connectivity index (χ4n) is 1.78. The van der Waals surface area contributed by atoms with Crippen LogP contribution in [0.4, 0.5) is 23.2 Å². The smallest absolute Gasteiger partial charge is 0.317 e. The second-order valence-corrected chi connectivity index (χ2v) is 3.71. The third-order valence-electron chi connectivity index (χ3n) is 2.76. The van der Waals surface area contributed by atoms with E-state index in [1.807, 2.05) is 0 Å². The summed E-state index contributed by atoms with van der Waals surface area (Å²) in [5.41, 5.74) is 5.70. The van der Waals surface area contributed by atoms with Crippen LogP contribution in [0.1, 0.15) is 17.9 Å². The van der Waals surface area contributed by atoms with E-state index < -0.39 is 24.2 Å². The van der Waals surface area contributed by atoms with Gasteiger partial charge in [-0.15, -0.1) is 0 Å². The van der Waals surface area contributed by atoms with Crippen molar-refractivity contribution >= 4 is 5.69 Å². The maximum Gasteiger partial charge on any atom is 0.317 e. The van der Waals surface area contributed by atoms with Crippen LogP contribution in [0.2, 0.25) is 0 Å². The van der Waals surface area contributed by atoms with Gasteiger partial charge in [-0.25, -0.2) is 0 Å². The van der Waals surface area contributed by atoms with Crippen molar-refractivity contribution in [2.75, 3.05) is 5.73 Å². The minimum absolute atomic E-state index is 0.105. The second kappa shape index (κ2) is 2.87. The van der Waals surface area contributed by atoms with Crippen LogP contribution in [0.25, 0.3) is 0 Å². The van der Waals surface area contributed by atoms with Gasteiger partial charge >= 0.3 is 11.8 Å². The standard InChI is InChI=1S/C10H9F4N/c11-9(12)5-7(10(9,13)14)6-3-1-2-4-8(6)15/h1-4,7H,5,15H2. The molecule has 0 aliphatic heterocycles. The highest BCUT2D eigenvalue weighted by Gasteiger charge is 2.72. The molecular weight excluding hydrogens is 210 g/mol. The number of nitrogens with two attached hydrogens (primary N) is 1. The Bertz CT molecular complexity index is 389. The molecule has 82 valence electrons. The summed E-state index contributed by atoms with van der Waals surface area (Å²) in [5.74, 6) is -9.35. The molecule has 2 N–H and O–H groups in total. The lowest BCUT2D eigenvalue weighted by atomic mass is 9.72. The van der Waals surface area contributed by atoms with E-state index in [0.29, 0.717) is 0 Å². The van der Waals surface area contributed by atoms with Gasteiger partial charge < -0.3 is 5.73 Å². The summed E-state index contributed by atoms with van der Waals surface area (Å²) in [6.45, 7) is 0. The average molecular weight is 219 g/mol. The van der Waals surface area contributed by atoms with E-state index in [1.54, 1.807) is 6.07 Å². The van der Waals surface area contributed by atoms with E-state index in [0.717, 1.165) is 0 Å². The van der Waals surface area contributed by atoms with Gasteiger partial charge in [0.05, 0.1) is 5.92 Å². The van der Waals surface area contributed by atoms with E-state index in [4.69, 9.17) is 5.73 Å². The van der Waals surface area contributed by atoms with Gasteiger partial charge in [-0.1, -0.05) is 18.2 Å². The van der Waals surface area contributed by atoms with Gasteiger partial charge in [-0.05, 0) is 11.6 Å². The predicted molar refractivity (Wildman–Crippen MR) is 48.1 cm³/mol. The summed E-state index contributed by atoms with van der Waals surface area (Å²) in [6.07, 6.45) is -0.839. The Morgan fingerprint density at radius 2 is 1.73 bits per heavy atom. The van der Waals surface area contributed by atoms with Gasteiger partial charge in [0.1, 0.15) is 0 Å². The monoisotopic (exact) mass is 219 g/mol. The highest BCUT2D eigenvalue weighted by atomic mass is 19.3. The zero-order chi connectivity index (χ0) is 11.3. The molecule has 2 rings (SSSR count). The lowest BCUT2D eigenvalue weighted by Gasteiger charge is -2.44. The van der Waals surface area contributed by atoms with Crippen molar-refractivity contribution in [2.45, 2.75) is 24.2 Å². The van der Waals surface area contributed by atoms with Crippen LogP contribution < -0.4 is 5.73 Å². The summed E-state index contributed by atoms with van der Waals surface area (Å²) in [4.78, 5) is 0. The molecule has 0 spiro atoms. The van der Waals surface area contributed by atoms with Crippen molar-refractivity contribution in [3.05, 3.63) is 29.8 Å². The molecule has 0 saturated heterocycles. The molecular formula is C10H9F4N. The number of alkyl halides is 4. The molecule has 0 aromatic heterocycles. The SMILES string of the molecule is Nc1ccccc1C1CC(F)(F)C1(F)F.